The van der Waals surface area contributed by atoms with E-state index in [0.29, 0.717) is 11.4 Å². The molecule has 0 bridgehead atoms. The van der Waals surface area contributed by atoms with Gasteiger partial charge in [-0.2, -0.15) is 0 Å². The van der Waals surface area contributed by atoms with Gasteiger partial charge in [0.1, 0.15) is 0 Å². The highest BCUT2D eigenvalue weighted by Gasteiger charge is 2.02. The molecule has 0 atom stereocenters. The molecule has 0 amide bonds. The molecule has 14 heavy (non-hydrogen) atoms. The Kier molecular flexibility index (Phi) is 2.10. The minimum atomic E-state index is 0.492. The molecule has 0 aromatic carbocycles. The van der Waals surface area contributed by atoms with Crippen LogP contribution >= 0.6 is 0 Å². The topological polar surface area (TPSA) is 52.1 Å². The van der Waals surface area contributed by atoms with Gasteiger partial charge in [-0.05, 0) is 0 Å². The van der Waals surface area contributed by atoms with E-state index in [4.69, 9.17) is 4.74 Å². The van der Waals surface area contributed by atoms with E-state index in [-0.39, 0.29) is 0 Å². The van der Waals surface area contributed by atoms with Gasteiger partial charge in [0.2, 0.25) is 5.88 Å². The number of pyridine rings is 2. The Balaban J connectivity index is 2.76. The molecule has 0 aliphatic rings. The van der Waals surface area contributed by atoms with Crippen LogP contribution in [0, 0.1) is 0 Å². The van der Waals surface area contributed by atoms with Crippen LogP contribution in [0.1, 0.15) is 10.4 Å². The van der Waals surface area contributed by atoms with Crippen LogP contribution in [0.4, 0.5) is 0 Å². The summed E-state index contributed by atoms with van der Waals surface area (Å²) >= 11 is 0. The number of aromatic nitrogens is 2. The number of ether oxygens (including phenoxy) is 1. The second-order valence-corrected chi connectivity index (χ2v) is 2.79. The number of rotatable bonds is 2. The van der Waals surface area contributed by atoms with Crippen molar-refractivity contribution in [3.63, 3.8) is 0 Å². The molecule has 0 radical (unpaired) electrons. The number of fused-ring (bicyclic) bond motifs is 1. The molecular formula is C10H8N2O2. The van der Waals surface area contributed by atoms with Gasteiger partial charge in [0.15, 0.2) is 6.29 Å². The van der Waals surface area contributed by atoms with Gasteiger partial charge < -0.3 is 4.74 Å². The molecule has 0 N–H and O–H groups in total. The van der Waals surface area contributed by atoms with Crippen LogP contribution in [-0.2, 0) is 0 Å². The second kappa shape index (κ2) is 3.41. The molecule has 4 nitrogen and oxygen atoms in total. The summed E-state index contributed by atoms with van der Waals surface area (Å²) in [4.78, 5) is 18.7. The van der Waals surface area contributed by atoms with Crippen LogP contribution in [0.5, 0.6) is 5.88 Å². The molecule has 0 saturated heterocycles. The van der Waals surface area contributed by atoms with Crippen LogP contribution in [0.3, 0.4) is 0 Å². The quantitative estimate of drug-likeness (QED) is 0.669. The lowest BCUT2D eigenvalue weighted by molar-refractivity contribution is 0.112. The van der Waals surface area contributed by atoms with E-state index in [1.165, 1.54) is 13.3 Å². The molecular weight excluding hydrogens is 180 g/mol. The minimum Gasteiger partial charge on any atom is -0.481 e. The van der Waals surface area contributed by atoms with Gasteiger partial charge in [-0.25, -0.2) is 4.98 Å². The Morgan fingerprint density at radius 1 is 1.36 bits per heavy atom. The van der Waals surface area contributed by atoms with Gasteiger partial charge in [0, 0.05) is 41.0 Å². The maximum atomic E-state index is 10.7. The van der Waals surface area contributed by atoms with Crippen molar-refractivity contribution in [2.45, 2.75) is 0 Å². The van der Waals surface area contributed by atoms with Gasteiger partial charge in [-0.3, -0.25) is 9.78 Å². The molecule has 0 fully saturated rings. The third-order valence-corrected chi connectivity index (χ3v) is 1.98. The van der Waals surface area contributed by atoms with Gasteiger partial charge in [-0.15, -0.1) is 0 Å². The van der Waals surface area contributed by atoms with Crippen molar-refractivity contribution in [2.75, 3.05) is 7.11 Å². The van der Waals surface area contributed by atoms with E-state index < -0.39 is 0 Å². The molecule has 0 aliphatic carbocycles. The van der Waals surface area contributed by atoms with Crippen LogP contribution in [0.15, 0.2) is 24.7 Å². The number of methoxy groups -OCH3 is 1. The highest BCUT2D eigenvalue weighted by molar-refractivity contribution is 5.97. The first-order chi connectivity index (χ1) is 6.85. The van der Waals surface area contributed by atoms with Crippen molar-refractivity contribution in [2.24, 2.45) is 0 Å². The van der Waals surface area contributed by atoms with E-state index in [9.17, 15) is 4.79 Å². The summed E-state index contributed by atoms with van der Waals surface area (Å²) in [5, 5.41) is 1.64. The molecule has 70 valence electrons. The summed E-state index contributed by atoms with van der Waals surface area (Å²) in [5.74, 6) is 0.492. The van der Waals surface area contributed by atoms with Crippen LogP contribution in [0.2, 0.25) is 0 Å². The average Bonchev–Trinajstić information content (AvgIpc) is 2.27. The highest BCUT2D eigenvalue weighted by Crippen LogP contribution is 2.19. The number of hydrogen-bond acceptors (Lipinski definition) is 4. The van der Waals surface area contributed by atoms with Crippen molar-refractivity contribution < 1.29 is 9.53 Å². The third-order valence-electron chi connectivity index (χ3n) is 1.98. The summed E-state index contributed by atoms with van der Waals surface area (Å²) in [6, 6.07) is 1.72. The van der Waals surface area contributed by atoms with Crippen molar-refractivity contribution in [1.82, 2.24) is 9.97 Å². The van der Waals surface area contributed by atoms with E-state index in [1.54, 1.807) is 18.5 Å². The summed E-state index contributed by atoms with van der Waals surface area (Å²) < 4.78 is 4.97. The number of aldehydes is 1. The SMILES string of the molecule is COc1cc2c(C=O)cncc2cn1. The molecule has 4 heteroatoms. The molecule has 0 spiro atoms. The van der Waals surface area contributed by atoms with Crippen molar-refractivity contribution in [1.29, 1.82) is 0 Å². The zero-order valence-electron chi connectivity index (χ0n) is 7.60. The lowest BCUT2D eigenvalue weighted by atomic mass is 10.1. The largest absolute Gasteiger partial charge is 0.481 e. The number of carbonyl (C=O) groups excluding carboxylic acids is 1. The fourth-order valence-electron chi connectivity index (χ4n) is 1.27. The molecule has 0 aliphatic heterocycles. The van der Waals surface area contributed by atoms with Gasteiger partial charge >= 0.3 is 0 Å². The summed E-state index contributed by atoms with van der Waals surface area (Å²) in [6.07, 6.45) is 5.59. The Morgan fingerprint density at radius 3 is 2.93 bits per heavy atom. The minimum absolute atomic E-state index is 0.492. The fraction of sp³-hybridized carbons (Fsp3) is 0.100. The number of hydrogen-bond donors (Lipinski definition) is 0. The maximum Gasteiger partial charge on any atom is 0.213 e. The zero-order valence-corrected chi connectivity index (χ0v) is 7.60. The smallest absolute Gasteiger partial charge is 0.213 e. The Hall–Kier alpha value is -1.97. The monoisotopic (exact) mass is 188 g/mol. The van der Waals surface area contributed by atoms with Gasteiger partial charge in [0.05, 0.1) is 7.11 Å². The van der Waals surface area contributed by atoms with Crippen LogP contribution < -0.4 is 4.74 Å². The maximum absolute atomic E-state index is 10.7. The van der Waals surface area contributed by atoms with Gasteiger partial charge in [0.25, 0.3) is 0 Å². The predicted molar refractivity (Wildman–Crippen MR) is 51.5 cm³/mol. The number of carbonyl (C=O) groups is 1. The van der Waals surface area contributed by atoms with E-state index in [0.717, 1.165) is 17.1 Å². The Morgan fingerprint density at radius 2 is 2.21 bits per heavy atom. The van der Waals surface area contributed by atoms with Crippen LogP contribution in [0.25, 0.3) is 10.8 Å². The van der Waals surface area contributed by atoms with Crippen molar-refractivity contribution in [3.05, 3.63) is 30.2 Å². The predicted octanol–water partition coefficient (Wildman–Crippen LogP) is 1.45. The van der Waals surface area contributed by atoms with Crippen molar-refractivity contribution in [3.8, 4) is 5.88 Å². The normalized spacial score (nSPS) is 10.1. The molecule has 0 unspecified atom stereocenters. The first-order valence-electron chi connectivity index (χ1n) is 4.08. The zero-order chi connectivity index (χ0) is 9.97. The Bertz CT molecular complexity index is 483. The fourth-order valence-corrected chi connectivity index (χ4v) is 1.27. The summed E-state index contributed by atoms with van der Waals surface area (Å²) in [7, 11) is 1.54. The van der Waals surface area contributed by atoms with E-state index in [1.807, 2.05) is 0 Å². The second-order valence-electron chi connectivity index (χ2n) is 2.79. The molecule has 2 aromatic heterocycles. The molecule has 2 heterocycles. The highest BCUT2D eigenvalue weighted by atomic mass is 16.5. The lowest BCUT2D eigenvalue weighted by Gasteiger charge is -2.02. The first kappa shape index (κ1) is 8.62. The number of nitrogens with zero attached hydrogens (tertiary/aromatic N) is 2. The molecule has 2 aromatic rings. The summed E-state index contributed by atoms with van der Waals surface area (Å²) in [6.45, 7) is 0. The van der Waals surface area contributed by atoms with E-state index in [2.05, 4.69) is 9.97 Å². The van der Waals surface area contributed by atoms with Crippen molar-refractivity contribution >= 4 is 17.1 Å². The lowest BCUT2D eigenvalue weighted by Crippen LogP contribution is -1.90. The summed E-state index contributed by atoms with van der Waals surface area (Å²) in [5.41, 5.74) is 0.545. The molecule has 2 rings (SSSR count). The first-order valence-corrected chi connectivity index (χ1v) is 4.08. The van der Waals surface area contributed by atoms with E-state index >= 15 is 0 Å². The third kappa shape index (κ3) is 1.31. The van der Waals surface area contributed by atoms with Gasteiger partial charge in [-0.1, -0.05) is 0 Å². The standard InChI is InChI=1S/C10H8N2O2/c1-14-10-2-9-7(5-12-10)3-11-4-8(9)6-13/h2-6H,1H3. The Labute approximate surface area is 80.6 Å². The van der Waals surface area contributed by atoms with Crippen LogP contribution in [-0.4, -0.2) is 23.4 Å². The average molecular weight is 188 g/mol. The molecule has 0 saturated carbocycles.